The molecule has 2 aromatic carbocycles. The van der Waals surface area contributed by atoms with Crippen molar-refractivity contribution in [2.75, 3.05) is 20.8 Å². The van der Waals surface area contributed by atoms with E-state index in [2.05, 4.69) is 9.97 Å². The third-order valence-electron chi connectivity index (χ3n) is 5.13. The molecule has 1 aromatic heterocycles. The van der Waals surface area contributed by atoms with Gasteiger partial charge in [-0.2, -0.15) is 0 Å². The lowest BCUT2D eigenvalue weighted by atomic mass is 10.1. The van der Waals surface area contributed by atoms with Crippen LogP contribution < -0.4 is 9.47 Å². The molecule has 0 spiro atoms. The van der Waals surface area contributed by atoms with Crippen molar-refractivity contribution in [1.29, 1.82) is 0 Å². The molecule has 1 atom stereocenters. The minimum atomic E-state index is -0.0566. The van der Waals surface area contributed by atoms with Crippen LogP contribution >= 0.6 is 11.6 Å². The Kier molecular flexibility index (Phi) is 5.45. The third-order valence-corrected chi connectivity index (χ3v) is 5.41. The number of amides is 1. The molecule has 0 bridgehead atoms. The SMILES string of the molecule is COc1cc(/C=C/C(=O)N2CCCC2c2nc3ccccc3[nH]2)cc(Cl)c1OC. The number of carbonyl (C=O) groups is 1. The van der Waals surface area contributed by atoms with Crippen molar-refractivity contribution >= 4 is 34.6 Å². The van der Waals surface area contributed by atoms with Gasteiger partial charge < -0.3 is 19.4 Å². The monoisotopic (exact) mass is 411 g/mol. The largest absolute Gasteiger partial charge is 0.493 e. The first-order valence-corrected chi connectivity index (χ1v) is 9.83. The number of halogens is 1. The Hall–Kier alpha value is -2.99. The van der Waals surface area contributed by atoms with Crippen LogP contribution in [0.2, 0.25) is 5.02 Å². The first kappa shape index (κ1) is 19.3. The van der Waals surface area contributed by atoms with Crippen LogP contribution in [0.25, 0.3) is 17.1 Å². The second-order valence-corrected chi connectivity index (χ2v) is 7.31. The van der Waals surface area contributed by atoms with Crippen molar-refractivity contribution in [1.82, 2.24) is 14.9 Å². The van der Waals surface area contributed by atoms with Gasteiger partial charge in [-0.05, 0) is 48.7 Å². The number of aromatic amines is 1. The molecule has 1 N–H and O–H groups in total. The molecule has 1 aliphatic heterocycles. The normalized spacial score (nSPS) is 16.7. The van der Waals surface area contributed by atoms with E-state index in [0.29, 0.717) is 23.1 Å². The predicted molar refractivity (Wildman–Crippen MR) is 113 cm³/mol. The summed E-state index contributed by atoms with van der Waals surface area (Å²) in [6.45, 7) is 0.706. The summed E-state index contributed by atoms with van der Waals surface area (Å²) < 4.78 is 10.6. The molecule has 1 unspecified atom stereocenters. The van der Waals surface area contributed by atoms with Gasteiger partial charge in [-0.15, -0.1) is 0 Å². The smallest absolute Gasteiger partial charge is 0.247 e. The number of H-pyrrole nitrogens is 1. The van der Waals surface area contributed by atoms with E-state index in [1.54, 1.807) is 31.4 Å². The van der Waals surface area contributed by atoms with Gasteiger partial charge in [0, 0.05) is 12.6 Å². The lowest BCUT2D eigenvalue weighted by Gasteiger charge is -2.21. The van der Waals surface area contributed by atoms with Gasteiger partial charge in [-0.1, -0.05) is 23.7 Å². The van der Waals surface area contributed by atoms with E-state index in [4.69, 9.17) is 21.1 Å². The molecule has 1 amide bonds. The Labute approximate surface area is 174 Å². The van der Waals surface area contributed by atoms with Crippen molar-refractivity contribution in [3.63, 3.8) is 0 Å². The highest BCUT2D eigenvalue weighted by molar-refractivity contribution is 6.32. The van der Waals surface area contributed by atoms with Crippen LogP contribution in [0.1, 0.15) is 30.3 Å². The Morgan fingerprint density at radius 2 is 2.10 bits per heavy atom. The lowest BCUT2D eigenvalue weighted by molar-refractivity contribution is -0.126. The Morgan fingerprint density at radius 1 is 1.28 bits per heavy atom. The number of ether oxygens (including phenoxy) is 2. The van der Waals surface area contributed by atoms with Gasteiger partial charge >= 0.3 is 0 Å². The van der Waals surface area contributed by atoms with Crippen molar-refractivity contribution < 1.29 is 14.3 Å². The summed E-state index contributed by atoms with van der Waals surface area (Å²) in [5, 5.41) is 0.431. The summed E-state index contributed by atoms with van der Waals surface area (Å²) in [6, 6.07) is 11.4. The minimum Gasteiger partial charge on any atom is -0.493 e. The van der Waals surface area contributed by atoms with Crippen LogP contribution in [0.4, 0.5) is 0 Å². The van der Waals surface area contributed by atoms with Gasteiger partial charge in [-0.25, -0.2) is 4.98 Å². The fraction of sp³-hybridized carbons (Fsp3) is 0.273. The first-order chi connectivity index (χ1) is 14.1. The molecule has 1 saturated heterocycles. The van der Waals surface area contributed by atoms with Crippen LogP contribution in [-0.2, 0) is 4.79 Å². The molecule has 2 heterocycles. The molecule has 6 nitrogen and oxygen atoms in total. The molecule has 3 aromatic rings. The molecule has 150 valence electrons. The highest BCUT2D eigenvalue weighted by Crippen LogP contribution is 2.36. The van der Waals surface area contributed by atoms with Crippen LogP contribution in [0, 0.1) is 0 Å². The zero-order chi connectivity index (χ0) is 20.4. The van der Waals surface area contributed by atoms with E-state index in [1.165, 1.54) is 7.11 Å². The Bertz CT molecular complexity index is 1040. The average molecular weight is 412 g/mol. The number of aromatic nitrogens is 2. The number of benzene rings is 2. The maximum atomic E-state index is 12.9. The average Bonchev–Trinajstić information content (AvgIpc) is 3.38. The van der Waals surface area contributed by atoms with Crippen LogP contribution in [0.15, 0.2) is 42.5 Å². The third kappa shape index (κ3) is 3.80. The number of methoxy groups -OCH3 is 2. The van der Waals surface area contributed by atoms with E-state index >= 15 is 0 Å². The molecular weight excluding hydrogens is 390 g/mol. The molecule has 1 fully saturated rings. The molecule has 0 aliphatic carbocycles. The van der Waals surface area contributed by atoms with Crippen molar-refractivity contribution in [2.45, 2.75) is 18.9 Å². The fourth-order valence-electron chi connectivity index (χ4n) is 3.74. The number of rotatable bonds is 5. The maximum Gasteiger partial charge on any atom is 0.247 e. The van der Waals surface area contributed by atoms with Gasteiger partial charge in [0.05, 0.1) is 36.3 Å². The van der Waals surface area contributed by atoms with Gasteiger partial charge in [-0.3, -0.25) is 4.79 Å². The maximum absolute atomic E-state index is 12.9. The molecule has 0 saturated carbocycles. The topological polar surface area (TPSA) is 67.5 Å². The zero-order valence-corrected chi connectivity index (χ0v) is 17.1. The number of hydrogen-bond acceptors (Lipinski definition) is 4. The van der Waals surface area contributed by atoms with Gasteiger partial charge in [0.2, 0.25) is 5.91 Å². The number of likely N-dealkylation sites (tertiary alicyclic amines) is 1. The summed E-state index contributed by atoms with van der Waals surface area (Å²) in [7, 11) is 3.09. The van der Waals surface area contributed by atoms with Crippen LogP contribution in [0.5, 0.6) is 11.5 Å². The molecular formula is C22H22ClN3O3. The summed E-state index contributed by atoms with van der Waals surface area (Å²) >= 11 is 6.25. The number of imidazole rings is 1. The molecule has 4 rings (SSSR count). The Morgan fingerprint density at radius 3 is 2.86 bits per heavy atom. The van der Waals surface area contributed by atoms with Crippen molar-refractivity contribution in [2.24, 2.45) is 0 Å². The summed E-state index contributed by atoms with van der Waals surface area (Å²) in [4.78, 5) is 22.8. The number of carbonyl (C=O) groups excluding carboxylic acids is 1. The summed E-state index contributed by atoms with van der Waals surface area (Å²) in [5.41, 5.74) is 2.66. The number of nitrogens with one attached hydrogen (secondary N) is 1. The number of nitrogens with zero attached hydrogens (tertiary/aromatic N) is 2. The quantitative estimate of drug-likeness (QED) is 0.622. The minimum absolute atomic E-state index is 0.0476. The first-order valence-electron chi connectivity index (χ1n) is 9.45. The van der Waals surface area contributed by atoms with Crippen molar-refractivity contribution in [3.05, 3.63) is 58.9 Å². The fourth-order valence-corrected chi connectivity index (χ4v) is 4.04. The zero-order valence-electron chi connectivity index (χ0n) is 16.3. The molecule has 1 aliphatic rings. The van der Waals surface area contributed by atoms with E-state index in [9.17, 15) is 4.79 Å². The number of hydrogen-bond donors (Lipinski definition) is 1. The van der Waals surface area contributed by atoms with Crippen LogP contribution in [-0.4, -0.2) is 41.5 Å². The number of para-hydroxylation sites is 2. The lowest BCUT2D eigenvalue weighted by Crippen LogP contribution is -2.29. The molecule has 0 radical (unpaired) electrons. The second kappa shape index (κ2) is 8.17. The van der Waals surface area contributed by atoms with E-state index in [0.717, 1.165) is 35.3 Å². The van der Waals surface area contributed by atoms with Gasteiger partial charge in [0.15, 0.2) is 11.5 Å². The second-order valence-electron chi connectivity index (χ2n) is 6.90. The van der Waals surface area contributed by atoms with E-state index < -0.39 is 0 Å². The number of fused-ring (bicyclic) bond motifs is 1. The molecule has 29 heavy (non-hydrogen) atoms. The summed E-state index contributed by atoms with van der Waals surface area (Å²) in [5.74, 6) is 1.77. The van der Waals surface area contributed by atoms with Gasteiger partial charge in [0.25, 0.3) is 0 Å². The predicted octanol–water partition coefficient (Wildman–Crippen LogP) is 4.61. The van der Waals surface area contributed by atoms with Crippen LogP contribution in [0.3, 0.4) is 0 Å². The van der Waals surface area contributed by atoms with Crippen molar-refractivity contribution in [3.8, 4) is 11.5 Å². The van der Waals surface area contributed by atoms with E-state index in [-0.39, 0.29) is 11.9 Å². The highest BCUT2D eigenvalue weighted by Gasteiger charge is 2.31. The summed E-state index contributed by atoms with van der Waals surface area (Å²) in [6.07, 6.45) is 5.15. The van der Waals surface area contributed by atoms with E-state index in [1.807, 2.05) is 29.2 Å². The van der Waals surface area contributed by atoms with Gasteiger partial charge in [0.1, 0.15) is 5.82 Å². The Balaban J connectivity index is 1.55. The standard InChI is InChI=1S/C22H22ClN3O3/c1-28-19-13-14(12-15(23)21(19)29-2)9-10-20(27)26-11-5-8-18(26)22-24-16-6-3-4-7-17(16)25-22/h3-4,6-7,9-10,12-13,18H,5,8,11H2,1-2H3,(H,24,25)/b10-9+. The molecule has 7 heteroatoms. The highest BCUT2D eigenvalue weighted by atomic mass is 35.5.